The maximum absolute atomic E-state index is 9.13. The molecule has 6 aromatic rings. The van der Waals surface area contributed by atoms with Crippen molar-refractivity contribution in [2.75, 3.05) is 42.3 Å². The molecule has 0 fully saturated rings. The molecule has 0 saturated carbocycles. The zero-order chi connectivity index (χ0) is 31.2. The van der Waals surface area contributed by atoms with Crippen molar-refractivity contribution in [1.82, 2.24) is 25.3 Å². The van der Waals surface area contributed by atoms with Crippen molar-refractivity contribution in [3.8, 4) is 11.1 Å². The summed E-state index contributed by atoms with van der Waals surface area (Å²) in [6, 6.07) is 20.4. The van der Waals surface area contributed by atoms with Crippen LogP contribution in [-0.2, 0) is 6.54 Å². The average Bonchev–Trinajstić information content (AvgIpc) is 3.06. The number of hydrogen-bond acceptors (Lipinski definition) is 10. The molecule has 6 rings (SSSR count). The number of nitrogens with one attached hydrogen (secondary N) is 4. The van der Waals surface area contributed by atoms with E-state index in [4.69, 9.17) is 15.2 Å². The molecule has 0 radical (unpaired) electrons. The second kappa shape index (κ2) is 13.6. The van der Waals surface area contributed by atoms with Gasteiger partial charge in [-0.05, 0) is 78.1 Å². The lowest BCUT2D eigenvalue weighted by Gasteiger charge is -2.18. The second-order valence-corrected chi connectivity index (χ2v) is 10.8. The highest BCUT2D eigenvalue weighted by molar-refractivity contribution is 5.93. The molecule has 0 amide bonds. The van der Waals surface area contributed by atoms with Gasteiger partial charge in [0.05, 0.1) is 25.1 Å². The molecule has 0 atom stereocenters. The van der Waals surface area contributed by atoms with E-state index in [2.05, 4.69) is 74.3 Å². The monoisotopic (exact) mass is 600 g/mol. The Labute approximate surface area is 261 Å². The maximum atomic E-state index is 9.13. The molecule has 2 aromatic carbocycles. The van der Waals surface area contributed by atoms with Gasteiger partial charge in [0.15, 0.2) is 11.6 Å². The van der Waals surface area contributed by atoms with Crippen LogP contribution in [0.4, 0.5) is 28.7 Å². The number of fused-ring (bicyclic) bond motifs is 2. The van der Waals surface area contributed by atoms with Gasteiger partial charge in [-0.2, -0.15) is 0 Å². The Morgan fingerprint density at radius 1 is 0.644 bits per heavy atom. The first-order valence-corrected chi connectivity index (χ1v) is 14.9. The fourth-order valence-corrected chi connectivity index (χ4v) is 5.43. The summed E-state index contributed by atoms with van der Waals surface area (Å²) in [5.41, 5.74) is 9.74. The quantitative estimate of drug-likeness (QED) is 0.0951. The minimum atomic E-state index is 0.0542. The van der Waals surface area contributed by atoms with Crippen LogP contribution in [0.5, 0.6) is 0 Å². The van der Waals surface area contributed by atoms with Crippen LogP contribution in [-0.4, -0.2) is 56.5 Å². The SMILES string of the molecule is Cc1c(Nc2nccc3cc(CNCCO)cnc23)cccc1-c1cccc(Nc2nccc3cc(NCCO)cnc23)c1C. The van der Waals surface area contributed by atoms with Crippen molar-refractivity contribution >= 4 is 50.5 Å². The van der Waals surface area contributed by atoms with Crippen molar-refractivity contribution in [1.29, 1.82) is 0 Å². The summed E-state index contributed by atoms with van der Waals surface area (Å²) >= 11 is 0. The molecule has 45 heavy (non-hydrogen) atoms. The minimum absolute atomic E-state index is 0.0542. The number of anilines is 5. The summed E-state index contributed by atoms with van der Waals surface area (Å²) < 4.78 is 0. The molecule has 6 N–H and O–H groups in total. The first-order chi connectivity index (χ1) is 22.1. The molecule has 0 bridgehead atoms. The maximum Gasteiger partial charge on any atom is 0.156 e. The van der Waals surface area contributed by atoms with Crippen molar-refractivity contribution in [2.45, 2.75) is 20.4 Å². The lowest BCUT2D eigenvalue weighted by Crippen LogP contribution is -2.17. The van der Waals surface area contributed by atoms with E-state index in [1.807, 2.05) is 42.6 Å². The summed E-state index contributed by atoms with van der Waals surface area (Å²) in [5.74, 6) is 1.37. The van der Waals surface area contributed by atoms with E-state index in [9.17, 15) is 0 Å². The number of nitrogens with zero attached hydrogens (tertiary/aromatic N) is 4. The predicted molar refractivity (Wildman–Crippen MR) is 181 cm³/mol. The summed E-state index contributed by atoms with van der Waals surface area (Å²) in [7, 11) is 0. The molecular formula is C35H36N8O2. The zero-order valence-corrected chi connectivity index (χ0v) is 25.3. The van der Waals surface area contributed by atoms with Crippen LogP contribution in [0.2, 0.25) is 0 Å². The molecule has 10 nitrogen and oxygen atoms in total. The van der Waals surface area contributed by atoms with Crippen LogP contribution in [0.3, 0.4) is 0 Å². The third-order valence-corrected chi connectivity index (χ3v) is 7.78. The van der Waals surface area contributed by atoms with Crippen LogP contribution < -0.4 is 21.3 Å². The highest BCUT2D eigenvalue weighted by Gasteiger charge is 2.14. The highest BCUT2D eigenvalue weighted by Crippen LogP contribution is 2.36. The van der Waals surface area contributed by atoms with Gasteiger partial charge in [0.1, 0.15) is 11.0 Å². The van der Waals surface area contributed by atoms with Gasteiger partial charge >= 0.3 is 0 Å². The van der Waals surface area contributed by atoms with E-state index in [0.29, 0.717) is 31.3 Å². The Kier molecular flexibility index (Phi) is 9.06. The Bertz CT molecular complexity index is 1960. The second-order valence-electron chi connectivity index (χ2n) is 10.8. The van der Waals surface area contributed by atoms with Crippen molar-refractivity contribution < 1.29 is 10.2 Å². The first kappa shape index (κ1) is 29.9. The third-order valence-electron chi connectivity index (χ3n) is 7.78. The lowest BCUT2D eigenvalue weighted by atomic mass is 9.94. The molecule has 0 aliphatic carbocycles. The van der Waals surface area contributed by atoms with Crippen molar-refractivity contribution in [3.05, 3.63) is 102 Å². The summed E-state index contributed by atoms with van der Waals surface area (Å²) in [6.45, 7) is 6.01. The molecular weight excluding hydrogens is 564 g/mol. The number of hydrogen-bond donors (Lipinski definition) is 6. The molecule has 0 spiro atoms. The Morgan fingerprint density at radius 2 is 1.22 bits per heavy atom. The van der Waals surface area contributed by atoms with Crippen LogP contribution in [0, 0.1) is 13.8 Å². The van der Waals surface area contributed by atoms with E-state index in [1.54, 1.807) is 18.6 Å². The fraction of sp³-hybridized carbons (Fsp3) is 0.200. The van der Waals surface area contributed by atoms with Gasteiger partial charge in [0.25, 0.3) is 0 Å². The molecule has 0 aliphatic rings. The number of benzene rings is 2. The van der Waals surface area contributed by atoms with E-state index in [0.717, 1.165) is 66.7 Å². The number of aliphatic hydroxyl groups is 2. The van der Waals surface area contributed by atoms with Gasteiger partial charge in [-0.25, -0.2) is 9.97 Å². The molecule has 0 aliphatic heterocycles. The average molecular weight is 601 g/mol. The van der Waals surface area contributed by atoms with Crippen LogP contribution in [0.15, 0.2) is 85.5 Å². The number of aliphatic hydroxyl groups excluding tert-OH is 2. The van der Waals surface area contributed by atoms with Gasteiger partial charge in [-0.1, -0.05) is 24.3 Å². The molecule has 4 aromatic heterocycles. The van der Waals surface area contributed by atoms with Crippen molar-refractivity contribution in [3.63, 3.8) is 0 Å². The van der Waals surface area contributed by atoms with E-state index in [-0.39, 0.29) is 13.2 Å². The smallest absolute Gasteiger partial charge is 0.156 e. The van der Waals surface area contributed by atoms with Gasteiger partial charge in [-0.3, -0.25) is 9.97 Å². The Balaban J connectivity index is 1.28. The van der Waals surface area contributed by atoms with Crippen LogP contribution in [0.1, 0.15) is 16.7 Å². The largest absolute Gasteiger partial charge is 0.395 e. The molecule has 228 valence electrons. The molecule has 0 saturated heterocycles. The van der Waals surface area contributed by atoms with Gasteiger partial charge < -0.3 is 31.5 Å². The standard InChI is InChI=1S/C35H36N8O2/c1-22-28(5-3-7-30(22)42-34-32-25(9-11-38-34)17-24(20-40-32)19-36-13-15-44)29-6-4-8-31(23(29)2)43-35-33-26(10-12-39-35)18-27(21-41-33)37-14-16-45/h3-12,17-18,20-21,36-37,44-45H,13-16,19H2,1-2H3,(H,38,42)(H,39,43). The van der Waals surface area contributed by atoms with Gasteiger partial charge in [-0.15, -0.1) is 0 Å². The topological polar surface area (TPSA) is 140 Å². The predicted octanol–water partition coefficient (Wildman–Crippen LogP) is 5.83. The fourth-order valence-electron chi connectivity index (χ4n) is 5.43. The van der Waals surface area contributed by atoms with E-state index >= 15 is 0 Å². The summed E-state index contributed by atoms with van der Waals surface area (Å²) in [4.78, 5) is 18.6. The number of rotatable bonds is 12. The highest BCUT2D eigenvalue weighted by atomic mass is 16.3. The van der Waals surface area contributed by atoms with Crippen molar-refractivity contribution in [2.24, 2.45) is 0 Å². The zero-order valence-electron chi connectivity index (χ0n) is 25.3. The Morgan fingerprint density at radius 3 is 1.82 bits per heavy atom. The lowest BCUT2D eigenvalue weighted by molar-refractivity contribution is 0.292. The molecule has 4 heterocycles. The van der Waals surface area contributed by atoms with Gasteiger partial charge in [0, 0.05) is 60.4 Å². The van der Waals surface area contributed by atoms with Gasteiger partial charge in [0.2, 0.25) is 0 Å². The summed E-state index contributed by atoms with van der Waals surface area (Å²) in [6.07, 6.45) is 7.16. The number of aromatic nitrogens is 4. The summed E-state index contributed by atoms with van der Waals surface area (Å²) in [5, 5.41) is 33.5. The molecule has 0 unspecified atom stereocenters. The molecule has 10 heteroatoms. The van der Waals surface area contributed by atoms with E-state index in [1.165, 1.54) is 0 Å². The third kappa shape index (κ3) is 6.53. The minimum Gasteiger partial charge on any atom is -0.395 e. The Hall–Kier alpha value is -5.16. The van der Waals surface area contributed by atoms with E-state index < -0.39 is 0 Å². The first-order valence-electron chi connectivity index (χ1n) is 14.9. The van der Waals surface area contributed by atoms with Crippen LogP contribution >= 0.6 is 0 Å². The normalized spacial score (nSPS) is 11.2. The number of pyridine rings is 4. The van der Waals surface area contributed by atoms with Crippen LogP contribution in [0.25, 0.3) is 32.9 Å².